The normalized spacial score (nSPS) is 11.2. The molecule has 0 saturated carbocycles. The molecule has 1 N–H and O–H groups in total. The van der Waals surface area contributed by atoms with Gasteiger partial charge < -0.3 is 9.30 Å². The van der Waals surface area contributed by atoms with Crippen LogP contribution in [0.4, 0.5) is 5.69 Å². The molecule has 0 aliphatic heterocycles. The molecule has 3 aromatic rings. The van der Waals surface area contributed by atoms with Crippen LogP contribution in [0, 0.1) is 18.4 Å². The van der Waals surface area contributed by atoms with Gasteiger partial charge in [-0.3, -0.25) is 10.1 Å². The fraction of sp³-hybridized carbons (Fsp3) is 0.227. The van der Waals surface area contributed by atoms with Crippen molar-refractivity contribution in [1.82, 2.24) is 9.88 Å². The van der Waals surface area contributed by atoms with Gasteiger partial charge in [0, 0.05) is 23.6 Å². The summed E-state index contributed by atoms with van der Waals surface area (Å²) in [6.45, 7) is 2.94. The highest BCUT2D eigenvalue weighted by Gasteiger charge is 2.08. The summed E-state index contributed by atoms with van der Waals surface area (Å²) in [6, 6.07) is 13.2. The standard InChI is InChI=1S/C22H22N4O2S2/c1-16-17(5-3-7-20(16)25-22(29-2)24-15-23)14-26-10-8-18(13-21(26)27)28-11-9-19-6-4-12-30-19/h3-8,10,12-13H,9,11,14H2,1-2H3,(H,24,25). The molecule has 0 unspecified atom stereocenters. The molecule has 0 atom stereocenters. The Morgan fingerprint density at radius 3 is 2.90 bits per heavy atom. The smallest absolute Gasteiger partial charge is 0.254 e. The first-order chi connectivity index (χ1) is 14.6. The number of hydrogen-bond donors (Lipinski definition) is 1. The third kappa shape index (κ3) is 5.75. The zero-order valence-electron chi connectivity index (χ0n) is 16.8. The van der Waals surface area contributed by atoms with Crippen LogP contribution in [0.5, 0.6) is 5.75 Å². The minimum Gasteiger partial charge on any atom is -0.493 e. The van der Waals surface area contributed by atoms with Crippen molar-refractivity contribution in [1.29, 1.82) is 5.26 Å². The lowest BCUT2D eigenvalue weighted by Gasteiger charge is -2.12. The number of aromatic nitrogens is 1. The van der Waals surface area contributed by atoms with Crippen molar-refractivity contribution < 1.29 is 4.74 Å². The molecule has 2 heterocycles. The van der Waals surface area contributed by atoms with Gasteiger partial charge in [0.2, 0.25) is 0 Å². The van der Waals surface area contributed by atoms with Crippen LogP contribution in [-0.2, 0) is 13.0 Å². The molecule has 154 valence electrons. The van der Waals surface area contributed by atoms with E-state index in [1.165, 1.54) is 22.7 Å². The van der Waals surface area contributed by atoms with Crippen LogP contribution < -0.4 is 15.6 Å². The molecule has 1 aromatic carbocycles. The molecule has 0 radical (unpaired) electrons. The monoisotopic (exact) mass is 438 g/mol. The summed E-state index contributed by atoms with van der Waals surface area (Å²) in [5.74, 6) is 0.579. The van der Waals surface area contributed by atoms with E-state index in [2.05, 4.69) is 16.4 Å². The maximum atomic E-state index is 12.5. The van der Waals surface area contributed by atoms with Crippen molar-refractivity contribution in [3.63, 3.8) is 0 Å². The van der Waals surface area contributed by atoms with E-state index in [-0.39, 0.29) is 5.56 Å². The molecule has 0 spiro atoms. The van der Waals surface area contributed by atoms with Gasteiger partial charge in [0.25, 0.3) is 5.56 Å². The molecule has 30 heavy (non-hydrogen) atoms. The summed E-state index contributed by atoms with van der Waals surface area (Å²) in [7, 11) is 0. The number of nitriles is 1. The van der Waals surface area contributed by atoms with Gasteiger partial charge >= 0.3 is 0 Å². The van der Waals surface area contributed by atoms with E-state index in [1.54, 1.807) is 22.1 Å². The topological polar surface area (TPSA) is 79.4 Å². The van der Waals surface area contributed by atoms with Crippen molar-refractivity contribution in [2.75, 3.05) is 12.9 Å². The van der Waals surface area contributed by atoms with Crippen LogP contribution in [0.15, 0.2) is 63.8 Å². The molecule has 0 saturated heterocycles. The fourth-order valence-electron chi connectivity index (χ4n) is 2.86. The quantitative estimate of drug-likeness (QED) is 0.257. The molecule has 0 fully saturated rings. The second-order valence-corrected chi connectivity index (χ2v) is 8.25. The van der Waals surface area contributed by atoms with E-state index in [4.69, 9.17) is 10.00 Å². The van der Waals surface area contributed by atoms with Gasteiger partial charge in [0.05, 0.1) is 18.8 Å². The van der Waals surface area contributed by atoms with Crippen LogP contribution in [-0.4, -0.2) is 22.6 Å². The van der Waals surface area contributed by atoms with Gasteiger partial charge in [-0.1, -0.05) is 30.0 Å². The summed E-state index contributed by atoms with van der Waals surface area (Å²) in [5.41, 5.74) is 2.60. The van der Waals surface area contributed by atoms with Crippen molar-refractivity contribution in [3.8, 4) is 11.9 Å². The Hall–Kier alpha value is -3.02. The highest BCUT2D eigenvalue weighted by Crippen LogP contribution is 2.23. The average Bonchev–Trinajstić information content (AvgIpc) is 3.25. The zero-order chi connectivity index (χ0) is 21.3. The summed E-state index contributed by atoms with van der Waals surface area (Å²) in [5, 5.41) is 14.0. The Labute approximate surface area is 183 Å². The van der Waals surface area contributed by atoms with E-state index in [9.17, 15) is 4.79 Å². The first kappa shape index (κ1) is 21.7. The molecule has 3 rings (SSSR count). The van der Waals surface area contributed by atoms with E-state index < -0.39 is 0 Å². The molecular formula is C22H22N4O2S2. The molecule has 6 nitrogen and oxygen atoms in total. The Morgan fingerprint density at radius 1 is 1.33 bits per heavy atom. The van der Waals surface area contributed by atoms with Crippen LogP contribution >= 0.6 is 23.1 Å². The predicted molar refractivity (Wildman–Crippen MR) is 124 cm³/mol. The number of nitrogens with one attached hydrogen (secondary N) is 1. The Kier molecular flexibility index (Phi) is 7.71. The molecule has 0 bridgehead atoms. The summed E-state index contributed by atoms with van der Waals surface area (Å²) >= 11 is 3.06. The SMILES string of the molecule is CSC(=Nc1cccc(Cn2ccc(OCCc3cccs3)cc2=O)c1C)NC#N. The van der Waals surface area contributed by atoms with Gasteiger partial charge in [0.1, 0.15) is 5.75 Å². The van der Waals surface area contributed by atoms with Crippen molar-refractivity contribution in [2.45, 2.75) is 19.9 Å². The fourth-order valence-corrected chi connectivity index (χ4v) is 3.89. The number of thioether (sulfide) groups is 1. The van der Waals surface area contributed by atoms with Gasteiger partial charge in [-0.15, -0.1) is 11.3 Å². The number of ether oxygens (including phenoxy) is 1. The van der Waals surface area contributed by atoms with E-state index >= 15 is 0 Å². The minimum absolute atomic E-state index is 0.118. The molecule has 0 amide bonds. The van der Waals surface area contributed by atoms with Crippen LogP contribution in [0.2, 0.25) is 0 Å². The van der Waals surface area contributed by atoms with Crippen molar-refractivity contribution >= 4 is 34.0 Å². The molecule has 8 heteroatoms. The largest absolute Gasteiger partial charge is 0.493 e. The van der Waals surface area contributed by atoms with E-state index in [0.29, 0.717) is 24.1 Å². The number of amidine groups is 1. The van der Waals surface area contributed by atoms with Crippen LogP contribution in [0.1, 0.15) is 16.0 Å². The third-order valence-corrected chi connectivity index (χ3v) is 6.02. The first-order valence-electron chi connectivity index (χ1n) is 9.32. The maximum absolute atomic E-state index is 12.5. The van der Waals surface area contributed by atoms with Gasteiger partial charge in [0.15, 0.2) is 11.4 Å². The molecular weight excluding hydrogens is 416 g/mol. The summed E-state index contributed by atoms with van der Waals surface area (Å²) < 4.78 is 7.37. The first-order valence-corrected chi connectivity index (χ1v) is 11.4. The van der Waals surface area contributed by atoms with E-state index in [1.807, 2.05) is 55.1 Å². The van der Waals surface area contributed by atoms with Crippen molar-refractivity contribution in [2.24, 2.45) is 4.99 Å². The number of pyridine rings is 1. The number of hydrogen-bond acceptors (Lipinski definition) is 6. The Balaban J connectivity index is 1.71. The lowest BCUT2D eigenvalue weighted by molar-refractivity contribution is 0.321. The third-order valence-electron chi connectivity index (χ3n) is 4.50. The van der Waals surface area contributed by atoms with Gasteiger partial charge in [-0.25, -0.2) is 4.99 Å². The lowest BCUT2D eigenvalue weighted by Crippen LogP contribution is -2.20. The Bertz CT molecular complexity index is 1110. The van der Waals surface area contributed by atoms with Crippen LogP contribution in [0.25, 0.3) is 0 Å². The van der Waals surface area contributed by atoms with Crippen LogP contribution in [0.3, 0.4) is 0 Å². The average molecular weight is 439 g/mol. The highest BCUT2D eigenvalue weighted by atomic mass is 32.2. The zero-order valence-corrected chi connectivity index (χ0v) is 18.4. The number of aliphatic imine (C=N–C) groups is 1. The molecule has 0 aliphatic rings. The van der Waals surface area contributed by atoms with Gasteiger partial charge in [-0.05, 0) is 47.9 Å². The number of thiophene rings is 1. The summed E-state index contributed by atoms with van der Waals surface area (Å²) in [6.07, 6.45) is 6.32. The number of rotatable bonds is 7. The second kappa shape index (κ2) is 10.7. The number of benzene rings is 1. The van der Waals surface area contributed by atoms with Crippen molar-refractivity contribution in [3.05, 3.63) is 80.4 Å². The molecule has 0 aliphatic carbocycles. The minimum atomic E-state index is -0.118. The predicted octanol–water partition coefficient (Wildman–Crippen LogP) is 4.31. The highest BCUT2D eigenvalue weighted by molar-refractivity contribution is 8.13. The van der Waals surface area contributed by atoms with Gasteiger partial charge in [-0.2, -0.15) is 5.26 Å². The Morgan fingerprint density at radius 2 is 2.20 bits per heavy atom. The second-order valence-electron chi connectivity index (χ2n) is 6.43. The number of nitrogens with zero attached hydrogens (tertiary/aromatic N) is 3. The summed E-state index contributed by atoms with van der Waals surface area (Å²) in [4.78, 5) is 18.3. The maximum Gasteiger partial charge on any atom is 0.254 e. The molecule has 2 aromatic heterocycles. The van der Waals surface area contributed by atoms with E-state index in [0.717, 1.165) is 23.2 Å². The lowest BCUT2D eigenvalue weighted by atomic mass is 10.1.